The first kappa shape index (κ1) is 17.2. The van der Waals surface area contributed by atoms with Gasteiger partial charge in [-0.2, -0.15) is 0 Å². The molecule has 2 N–H and O–H groups in total. The van der Waals surface area contributed by atoms with E-state index in [1.807, 2.05) is 18.4 Å². The fraction of sp³-hybridized carbons (Fsp3) is 0.529. The van der Waals surface area contributed by atoms with E-state index in [4.69, 9.17) is 0 Å². The number of nitrogens with zero attached hydrogens (tertiary/aromatic N) is 3. The zero-order valence-electron chi connectivity index (χ0n) is 14.5. The van der Waals surface area contributed by atoms with E-state index in [2.05, 4.69) is 56.9 Å². The number of piperidine rings is 1. The summed E-state index contributed by atoms with van der Waals surface area (Å²) in [7, 11) is 1.83. The van der Waals surface area contributed by atoms with Crippen molar-refractivity contribution >= 4 is 33.6 Å². The van der Waals surface area contributed by atoms with Gasteiger partial charge >= 0.3 is 0 Å². The molecule has 0 atom stereocenters. The molecular weight excluding hydrogens is 338 g/mol. The normalized spacial score (nSPS) is 16.5. The van der Waals surface area contributed by atoms with Crippen LogP contribution in [0.2, 0.25) is 0 Å². The second kappa shape index (κ2) is 7.98. The minimum atomic E-state index is 0.483. The van der Waals surface area contributed by atoms with Crippen LogP contribution < -0.4 is 15.5 Å². The molecule has 1 aliphatic rings. The van der Waals surface area contributed by atoms with Gasteiger partial charge in [0, 0.05) is 31.1 Å². The molecular formula is C17H25N5S2. The molecule has 130 valence electrons. The summed E-state index contributed by atoms with van der Waals surface area (Å²) in [5.41, 5.74) is 1.12. The van der Waals surface area contributed by atoms with Gasteiger partial charge in [0.05, 0.1) is 22.2 Å². The molecule has 0 bridgehead atoms. The predicted octanol–water partition coefficient (Wildman–Crippen LogP) is 3.16. The quantitative estimate of drug-likeness (QED) is 0.647. The van der Waals surface area contributed by atoms with Gasteiger partial charge in [0.25, 0.3) is 0 Å². The van der Waals surface area contributed by atoms with Gasteiger partial charge in [0.15, 0.2) is 5.96 Å². The van der Waals surface area contributed by atoms with E-state index in [-0.39, 0.29) is 0 Å². The molecule has 0 unspecified atom stereocenters. The molecule has 5 nitrogen and oxygen atoms in total. The number of guanidine groups is 1. The molecule has 0 radical (unpaired) electrons. The van der Waals surface area contributed by atoms with Crippen LogP contribution in [0.5, 0.6) is 0 Å². The summed E-state index contributed by atoms with van der Waals surface area (Å²) in [5, 5.41) is 11.6. The van der Waals surface area contributed by atoms with Gasteiger partial charge in [-0.3, -0.25) is 4.99 Å². The lowest BCUT2D eigenvalue weighted by atomic mass is 10.1. The third-order valence-electron chi connectivity index (χ3n) is 4.29. The summed E-state index contributed by atoms with van der Waals surface area (Å²) in [6.45, 7) is 7.10. The maximum atomic E-state index is 4.48. The molecule has 1 saturated heterocycles. The second-order valence-corrected chi connectivity index (χ2v) is 8.24. The smallest absolute Gasteiger partial charge is 0.191 e. The lowest BCUT2D eigenvalue weighted by molar-refractivity contribution is 0.463. The number of thiophene rings is 1. The zero-order chi connectivity index (χ0) is 16.9. The van der Waals surface area contributed by atoms with Gasteiger partial charge in [-0.25, -0.2) is 4.98 Å². The summed E-state index contributed by atoms with van der Waals surface area (Å²) in [6.07, 6.45) is 2.27. The highest BCUT2D eigenvalue weighted by Crippen LogP contribution is 2.24. The summed E-state index contributed by atoms with van der Waals surface area (Å²) in [4.78, 5) is 12.6. The minimum absolute atomic E-state index is 0.483. The molecule has 0 aliphatic carbocycles. The van der Waals surface area contributed by atoms with Crippen molar-refractivity contribution < 1.29 is 0 Å². The average Bonchev–Trinajstić information content (AvgIpc) is 3.22. The van der Waals surface area contributed by atoms with E-state index in [0.717, 1.165) is 49.1 Å². The third-order valence-corrected chi connectivity index (χ3v) is 6.30. The van der Waals surface area contributed by atoms with Crippen molar-refractivity contribution in [3.63, 3.8) is 0 Å². The van der Waals surface area contributed by atoms with Gasteiger partial charge in [-0.05, 0) is 44.2 Å². The molecule has 1 fully saturated rings. The monoisotopic (exact) mass is 363 g/mol. The van der Waals surface area contributed by atoms with Crippen molar-refractivity contribution in [3.05, 3.63) is 33.1 Å². The number of anilines is 1. The Balaban J connectivity index is 1.47. The number of aryl methyl sites for hydroxylation is 2. The van der Waals surface area contributed by atoms with Gasteiger partial charge in [-0.15, -0.1) is 22.7 Å². The predicted molar refractivity (Wildman–Crippen MR) is 104 cm³/mol. The Kier molecular flexibility index (Phi) is 5.73. The van der Waals surface area contributed by atoms with Gasteiger partial charge in [0.2, 0.25) is 0 Å². The topological polar surface area (TPSA) is 52.6 Å². The van der Waals surface area contributed by atoms with E-state index in [1.54, 1.807) is 11.3 Å². The summed E-state index contributed by atoms with van der Waals surface area (Å²) in [5.74, 6) is 0.884. The van der Waals surface area contributed by atoms with Crippen LogP contribution in [0.25, 0.3) is 0 Å². The summed E-state index contributed by atoms with van der Waals surface area (Å²) < 4.78 is 0. The Morgan fingerprint density at radius 1 is 1.38 bits per heavy atom. The van der Waals surface area contributed by atoms with E-state index in [9.17, 15) is 0 Å². The molecule has 0 aromatic carbocycles. The number of hydrogen-bond acceptors (Lipinski definition) is 5. The van der Waals surface area contributed by atoms with Crippen molar-refractivity contribution in [3.8, 4) is 0 Å². The second-order valence-electron chi connectivity index (χ2n) is 6.02. The number of aromatic nitrogens is 1. The van der Waals surface area contributed by atoms with Crippen molar-refractivity contribution in [2.45, 2.75) is 39.3 Å². The van der Waals surface area contributed by atoms with Crippen molar-refractivity contribution in [2.75, 3.05) is 25.0 Å². The maximum absolute atomic E-state index is 4.48. The lowest BCUT2D eigenvalue weighted by Gasteiger charge is -2.33. The van der Waals surface area contributed by atoms with Crippen LogP contribution in [0.4, 0.5) is 5.00 Å². The van der Waals surface area contributed by atoms with Gasteiger partial charge in [-0.1, -0.05) is 0 Å². The fourth-order valence-electron chi connectivity index (χ4n) is 2.98. The standard InChI is InChI=1S/C17H25N5S2/c1-12-15(24-13(2)20-12)11-19-17(18-3)21-14-6-8-22(9-7-14)16-5-4-10-23-16/h4-5,10,14H,6-9,11H2,1-3H3,(H2,18,19,21). The number of nitrogens with one attached hydrogen (secondary N) is 2. The molecule has 7 heteroatoms. The van der Waals surface area contributed by atoms with Crippen LogP contribution in [0.15, 0.2) is 22.5 Å². The Bertz CT molecular complexity index is 669. The number of rotatable bonds is 4. The highest BCUT2D eigenvalue weighted by Gasteiger charge is 2.20. The highest BCUT2D eigenvalue weighted by molar-refractivity contribution is 7.14. The van der Waals surface area contributed by atoms with Crippen LogP contribution in [0, 0.1) is 13.8 Å². The highest BCUT2D eigenvalue weighted by atomic mass is 32.1. The SMILES string of the molecule is CN=C(NCc1sc(C)nc1C)NC1CCN(c2cccs2)CC1. The lowest BCUT2D eigenvalue weighted by Crippen LogP contribution is -2.48. The van der Waals surface area contributed by atoms with Crippen molar-refractivity contribution in [2.24, 2.45) is 4.99 Å². The molecule has 0 amide bonds. The maximum Gasteiger partial charge on any atom is 0.191 e. The first-order chi connectivity index (χ1) is 11.7. The molecule has 2 aromatic heterocycles. The number of thiazole rings is 1. The van der Waals surface area contributed by atoms with Crippen LogP contribution in [-0.2, 0) is 6.54 Å². The molecule has 3 rings (SSSR count). The number of hydrogen-bond donors (Lipinski definition) is 2. The van der Waals surface area contributed by atoms with Gasteiger partial charge < -0.3 is 15.5 Å². The van der Waals surface area contributed by atoms with Crippen molar-refractivity contribution in [1.82, 2.24) is 15.6 Å². The fourth-order valence-corrected chi connectivity index (χ4v) is 4.65. The zero-order valence-corrected chi connectivity index (χ0v) is 16.1. The molecule has 0 saturated carbocycles. The summed E-state index contributed by atoms with van der Waals surface area (Å²) >= 11 is 3.57. The van der Waals surface area contributed by atoms with E-state index in [1.165, 1.54) is 9.88 Å². The van der Waals surface area contributed by atoms with Gasteiger partial charge in [0.1, 0.15) is 0 Å². The van der Waals surface area contributed by atoms with E-state index >= 15 is 0 Å². The van der Waals surface area contributed by atoms with Crippen LogP contribution >= 0.6 is 22.7 Å². The number of aliphatic imine (C=N–C) groups is 1. The molecule has 24 heavy (non-hydrogen) atoms. The van der Waals surface area contributed by atoms with Crippen LogP contribution in [0.3, 0.4) is 0 Å². The minimum Gasteiger partial charge on any atom is -0.363 e. The molecule has 0 spiro atoms. The van der Waals surface area contributed by atoms with E-state index in [0.29, 0.717) is 6.04 Å². The van der Waals surface area contributed by atoms with Crippen LogP contribution in [-0.4, -0.2) is 37.1 Å². The van der Waals surface area contributed by atoms with Crippen LogP contribution in [0.1, 0.15) is 28.4 Å². The Morgan fingerprint density at radius 2 is 2.17 bits per heavy atom. The Labute approximate surface area is 151 Å². The Hall–Kier alpha value is -1.60. The largest absolute Gasteiger partial charge is 0.363 e. The third kappa shape index (κ3) is 4.27. The first-order valence-corrected chi connectivity index (χ1v) is 10.0. The average molecular weight is 364 g/mol. The molecule has 2 aromatic rings. The molecule has 3 heterocycles. The Morgan fingerprint density at radius 3 is 2.75 bits per heavy atom. The summed E-state index contributed by atoms with van der Waals surface area (Å²) in [6, 6.07) is 4.81. The van der Waals surface area contributed by atoms with E-state index < -0.39 is 0 Å². The first-order valence-electron chi connectivity index (χ1n) is 8.34. The molecule has 1 aliphatic heterocycles. The van der Waals surface area contributed by atoms with Crippen molar-refractivity contribution in [1.29, 1.82) is 0 Å².